The number of ether oxygens (including phenoxy) is 1. The molecule has 14 heteroatoms. The molecule has 11 nitrogen and oxygen atoms in total. The molecule has 9 rings (SSSR count). The number of aryl methyl sites for hydroxylation is 2. The lowest BCUT2D eigenvalue weighted by atomic mass is 9.87. The molecule has 282 valence electrons. The molecule has 2 aromatic carbocycles. The highest BCUT2D eigenvalue weighted by Crippen LogP contribution is 2.43. The third-order valence-electron chi connectivity index (χ3n) is 10.4. The number of halogens is 1. The van der Waals surface area contributed by atoms with Crippen molar-refractivity contribution in [3.05, 3.63) is 97.8 Å². The Morgan fingerprint density at radius 1 is 0.836 bits per heavy atom. The van der Waals surface area contributed by atoms with Crippen LogP contribution in [-0.4, -0.2) is 76.0 Å². The fourth-order valence-electron chi connectivity index (χ4n) is 7.65. The van der Waals surface area contributed by atoms with Crippen molar-refractivity contribution in [2.75, 3.05) is 33.5 Å². The maximum Gasteiger partial charge on any atom is 0.225 e. The van der Waals surface area contributed by atoms with Gasteiger partial charge in [0.15, 0.2) is 0 Å². The van der Waals surface area contributed by atoms with Crippen molar-refractivity contribution in [3.8, 4) is 5.75 Å². The summed E-state index contributed by atoms with van der Waals surface area (Å²) in [5.74, 6) is 2.06. The minimum atomic E-state index is 0.0268. The van der Waals surface area contributed by atoms with Crippen molar-refractivity contribution < 1.29 is 14.3 Å². The van der Waals surface area contributed by atoms with Gasteiger partial charge in [0.2, 0.25) is 11.8 Å². The van der Waals surface area contributed by atoms with Crippen LogP contribution in [0.5, 0.6) is 5.75 Å². The number of benzene rings is 2. The van der Waals surface area contributed by atoms with Gasteiger partial charge in [-0.2, -0.15) is 0 Å². The van der Waals surface area contributed by atoms with E-state index in [0.717, 1.165) is 92.9 Å². The summed E-state index contributed by atoms with van der Waals surface area (Å²) in [4.78, 5) is 54.4. The van der Waals surface area contributed by atoms with Gasteiger partial charge in [-0.15, -0.1) is 22.7 Å². The molecule has 1 aliphatic heterocycles. The van der Waals surface area contributed by atoms with Crippen molar-refractivity contribution in [2.45, 2.75) is 51.7 Å². The maximum atomic E-state index is 12.6. The van der Waals surface area contributed by atoms with Crippen molar-refractivity contribution >= 4 is 84.2 Å². The van der Waals surface area contributed by atoms with E-state index in [1.54, 1.807) is 38.8 Å². The fourth-order valence-corrected chi connectivity index (χ4v) is 10.5. The Hall–Kier alpha value is -4.98. The third kappa shape index (κ3) is 7.52. The molecular weight excluding hydrogens is 752 g/mol. The van der Waals surface area contributed by atoms with Crippen LogP contribution in [0.25, 0.3) is 20.4 Å². The quantitative estimate of drug-likeness (QED) is 0.163. The van der Waals surface area contributed by atoms with Crippen LogP contribution in [0.15, 0.2) is 60.1 Å². The first-order chi connectivity index (χ1) is 26.6. The number of rotatable bonds is 7. The topological polar surface area (TPSA) is 126 Å². The molecule has 0 bridgehead atoms. The average molecular weight is 793 g/mol. The summed E-state index contributed by atoms with van der Waals surface area (Å²) < 4.78 is 6.29. The first-order valence-corrected chi connectivity index (χ1v) is 20.3. The van der Waals surface area contributed by atoms with E-state index in [2.05, 4.69) is 54.5 Å². The number of aliphatic imine (C=N–C) groups is 1. The lowest BCUT2D eigenvalue weighted by Gasteiger charge is -2.24. The number of aromatic nitrogens is 4. The summed E-state index contributed by atoms with van der Waals surface area (Å²) in [6, 6.07) is 14.3. The maximum absolute atomic E-state index is 12.6. The molecule has 0 fully saturated rings. The van der Waals surface area contributed by atoms with Crippen molar-refractivity contribution in [1.82, 2.24) is 29.7 Å². The van der Waals surface area contributed by atoms with Gasteiger partial charge < -0.3 is 19.9 Å². The molecule has 55 heavy (non-hydrogen) atoms. The van der Waals surface area contributed by atoms with E-state index in [1.165, 1.54) is 27.2 Å². The van der Waals surface area contributed by atoms with E-state index in [9.17, 15) is 9.59 Å². The van der Waals surface area contributed by atoms with E-state index in [-0.39, 0.29) is 23.7 Å². The summed E-state index contributed by atoms with van der Waals surface area (Å²) in [6.45, 7) is 1.14. The molecule has 1 N–H and O–H groups in total. The number of anilines is 2. The number of thiophene rings is 2. The number of nitrogens with one attached hydrogen (secondary N) is 1. The SMILES string of the molecule is CN(C)C(=O)C1CCc2c(sc3ncnc(Cl)c23)C1.CN(C)C(=O)C1CCc2c(sc3ncnc(Nc4cc5c(cc4OCc4ccccc4)CN=C5)c23)C1. The second-order valence-electron chi connectivity index (χ2n) is 14.5. The van der Waals surface area contributed by atoms with Crippen LogP contribution in [0.4, 0.5) is 11.5 Å². The Morgan fingerprint density at radius 3 is 2.11 bits per heavy atom. The predicted molar refractivity (Wildman–Crippen MR) is 220 cm³/mol. The van der Waals surface area contributed by atoms with Gasteiger partial charge >= 0.3 is 0 Å². The number of hydrogen-bond donors (Lipinski definition) is 1. The van der Waals surface area contributed by atoms with Crippen LogP contribution >= 0.6 is 34.3 Å². The zero-order valence-electron chi connectivity index (χ0n) is 31.1. The lowest BCUT2D eigenvalue weighted by Crippen LogP contribution is -2.32. The molecule has 2 aliphatic carbocycles. The number of amides is 2. The molecule has 0 radical (unpaired) electrons. The molecule has 2 unspecified atom stereocenters. The third-order valence-corrected chi connectivity index (χ3v) is 13.1. The summed E-state index contributed by atoms with van der Waals surface area (Å²) in [6.07, 6.45) is 10.0. The molecule has 5 heterocycles. The molecule has 0 spiro atoms. The van der Waals surface area contributed by atoms with Crippen LogP contribution in [-0.2, 0) is 48.4 Å². The van der Waals surface area contributed by atoms with Crippen LogP contribution in [0.2, 0.25) is 5.15 Å². The highest BCUT2D eigenvalue weighted by molar-refractivity contribution is 7.19. The minimum Gasteiger partial charge on any atom is -0.487 e. The monoisotopic (exact) mass is 792 g/mol. The van der Waals surface area contributed by atoms with Gasteiger partial charge in [0, 0.05) is 56.0 Å². The number of carbonyl (C=O) groups excluding carboxylic acids is 2. The smallest absolute Gasteiger partial charge is 0.225 e. The van der Waals surface area contributed by atoms with Gasteiger partial charge in [-0.05, 0) is 78.5 Å². The van der Waals surface area contributed by atoms with E-state index >= 15 is 0 Å². The van der Waals surface area contributed by atoms with Gasteiger partial charge in [0.1, 0.15) is 45.6 Å². The normalized spacial score (nSPS) is 16.8. The Balaban J connectivity index is 0.000000189. The summed E-state index contributed by atoms with van der Waals surface area (Å²) >= 11 is 9.48. The zero-order valence-corrected chi connectivity index (χ0v) is 33.5. The Morgan fingerprint density at radius 2 is 1.45 bits per heavy atom. The molecule has 2 atom stereocenters. The number of hydrogen-bond acceptors (Lipinski definition) is 11. The molecule has 2 amide bonds. The minimum absolute atomic E-state index is 0.0268. The van der Waals surface area contributed by atoms with Crippen molar-refractivity contribution in [2.24, 2.45) is 16.8 Å². The zero-order chi connectivity index (χ0) is 38.2. The first kappa shape index (κ1) is 37.0. The van der Waals surface area contributed by atoms with Gasteiger partial charge in [-0.25, -0.2) is 19.9 Å². The standard InChI is InChI=1S/C28H27N5O2S.C13H14ClN3OS/c1-33(2)28(34)18-8-9-21-24(12-18)36-27-25(21)26(30-16-31-27)32-22-10-19-13-29-14-20(19)11-23(22)35-15-17-6-4-3-5-7-17;1-17(2)13(18)7-3-4-8-9(5-7)19-12-10(8)11(14)15-6-16-12/h3-7,10-11,13,16,18H,8-9,12,14-15H2,1-2H3,(H,30,31,32);6-7H,3-5H2,1-2H3. The highest BCUT2D eigenvalue weighted by atomic mass is 35.5. The molecule has 3 aliphatic rings. The highest BCUT2D eigenvalue weighted by Gasteiger charge is 2.31. The fraction of sp³-hybridized carbons (Fsp3) is 0.341. The van der Waals surface area contributed by atoms with E-state index < -0.39 is 0 Å². The molecule has 4 aromatic heterocycles. The lowest BCUT2D eigenvalue weighted by molar-refractivity contribution is -0.134. The van der Waals surface area contributed by atoms with E-state index in [4.69, 9.17) is 16.3 Å². The number of fused-ring (bicyclic) bond motifs is 7. The van der Waals surface area contributed by atoms with E-state index in [0.29, 0.717) is 18.3 Å². The predicted octanol–water partition coefficient (Wildman–Crippen LogP) is 7.68. The van der Waals surface area contributed by atoms with Gasteiger partial charge in [-0.3, -0.25) is 14.6 Å². The Bertz CT molecular complexity index is 2450. The van der Waals surface area contributed by atoms with Crippen LogP contribution in [0.3, 0.4) is 0 Å². The van der Waals surface area contributed by atoms with E-state index in [1.807, 2.05) is 52.6 Å². The van der Waals surface area contributed by atoms with Crippen molar-refractivity contribution in [1.29, 1.82) is 0 Å². The summed E-state index contributed by atoms with van der Waals surface area (Å²) in [5.41, 5.74) is 6.71. The molecule has 0 saturated carbocycles. The number of nitrogens with zero attached hydrogens (tertiary/aromatic N) is 7. The van der Waals surface area contributed by atoms with Gasteiger partial charge in [0.25, 0.3) is 0 Å². The Labute approximate surface area is 332 Å². The number of carbonyl (C=O) groups is 2. The first-order valence-electron chi connectivity index (χ1n) is 18.3. The average Bonchev–Trinajstić information content (AvgIpc) is 3.92. The van der Waals surface area contributed by atoms with Crippen LogP contribution in [0.1, 0.15) is 50.4 Å². The van der Waals surface area contributed by atoms with Crippen LogP contribution < -0.4 is 10.1 Å². The van der Waals surface area contributed by atoms with Crippen LogP contribution in [0, 0.1) is 11.8 Å². The molecular formula is C41H41ClN8O3S2. The Kier molecular flexibility index (Phi) is 10.5. The van der Waals surface area contributed by atoms with Gasteiger partial charge in [-0.1, -0.05) is 41.9 Å². The molecule has 6 aromatic rings. The second kappa shape index (κ2) is 15.6. The summed E-state index contributed by atoms with van der Waals surface area (Å²) in [7, 11) is 7.28. The van der Waals surface area contributed by atoms with Crippen molar-refractivity contribution in [3.63, 3.8) is 0 Å². The summed E-state index contributed by atoms with van der Waals surface area (Å²) in [5, 5.41) is 6.13. The van der Waals surface area contributed by atoms with Gasteiger partial charge in [0.05, 0.1) is 23.0 Å². The molecule has 0 saturated heterocycles. The largest absolute Gasteiger partial charge is 0.487 e. The second-order valence-corrected chi connectivity index (χ2v) is 17.0.